The maximum Gasteiger partial charge on any atom is 0.311 e. The van der Waals surface area contributed by atoms with Crippen molar-refractivity contribution in [3.63, 3.8) is 0 Å². The van der Waals surface area contributed by atoms with Gasteiger partial charge in [0.05, 0.1) is 13.5 Å². The van der Waals surface area contributed by atoms with Crippen LogP contribution >= 0.6 is 0 Å². The van der Waals surface area contributed by atoms with Gasteiger partial charge < -0.3 is 14.0 Å². The number of benzene rings is 2. The van der Waals surface area contributed by atoms with Gasteiger partial charge in [0.15, 0.2) is 17.7 Å². The number of hydrogen-bond acceptors (Lipinski definition) is 6. The molecule has 0 spiro atoms. The fourth-order valence-electron chi connectivity index (χ4n) is 2.38. The van der Waals surface area contributed by atoms with E-state index in [1.54, 1.807) is 13.0 Å². The van der Waals surface area contributed by atoms with Crippen LogP contribution in [0.5, 0.6) is 5.75 Å². The molecule has 2 aromatic carbocycles. The number of hydrogen-bond donors (Lipinski definition) is 0. The zero-order valence-corrected chi connectivity index (χ0v) is 14.3. The largest absolute Gasteiger partial charge is 0.494 e. The summed E-state index contributed by atoms with van der Waals surface area (Å²) in [6.45, 7) is 1.63. The van der Waals surface area contributed by atoms with Gasteiger partial charge in [0.2, 0.25) is 5.82 Å². The smallest absolute Gasteiger partial charge is 0.311 e. The van der Waals surface area contributed by atoms with Crippen LogP contribution in [0.1, 0.15) is 24.5 Å². The Hall–Kier alpha value is -3.22. The van der Waals surface area contributed by atoms with E-state index in [4.69, 9.17) is 14.0 Å². The molecule has 0 fully saturated rings. The number of methoxy groups -OCH3 is 1. The van der Waals surface area contributed by atoms with Crippen molar-refractivity contribution in [3.8, 4) is 17.1 Å². The number of rotatable bonds is 6. The summed E-state index contributed by atoms with van der Waals surface area (Å²) >= 11 is 0. The molecule has 0 saturated heterocycles. The zero-order chi connectivity index (χ0) is 18.5. The molecule has 26 heavy (non-hydrogen) atoms. The Morgan fingerprint density at radius 3 is 2.69 bits per heavy atom. The van der Waals surface area contributed by atoms with E-state index in [1.807, 2.05) is 30.3 Å². The fourth-order valence-corrected chi connectivity index (χ4v) is 2.38. The SMILES string of the molecule is COc1ccc(CC(=O)O[C@@H](C)c2nc(-c3ccccc3)no2)cc1F. The van der Waals surface area contributed by atoms with Gasteiger partial charge in [-0.3, -0.25) is 4.79 Å². The summed E-state index contributed by atoms with van der Waals surface area (Å²) in [5, 5.41) is 3.89. The molecule has 0 radical (unpaired) electrons. The highest BCUT2D eigenvalue weighted by Crippen LogP contribution is 2.22. The Kier molecular flexibility index (Phi) is 5.26. The molecule has 6 nitrogen and oxygen atoms in total. The molecule has 0 aliphatic heterocycles. The molecular formula is C19H17FN2O4. The first-order valence-electron chi connectivity index (χ1n) is 7.97. The monoisotopic (exact) mass is 356 g/mol. The topological polar surface area (TPSA) is 74.5 Å². The van der Waals surface area contributed by atoms with Gasteiger partial charge in [-0.25, -0.2) is 4.39 Å². The maximum atomic E-state index is 13.7. The average molecular weight is 356 g/mol. The highest BCUT2D eigenvalue weighted by molar-refractivity contribution is 5.72. The third-order valence-corrected chi connectivity index (χ3v) is 3.69. The molecule has 3 rings (SSSR count). The summed E-state index contributed by atoms with van der Waals surface area (Å²) < 4.78 is 29.0. The molecule has 1 heterocycles. The molecule has 0 aliphatic rings. The predicted molar refractivity (Wildman–Crippen MR) is 90.9 cm³/mol. The molecule has 3 aromatic rings. The van der Waals surface area contributed by atoms with Crippen molar-refractivity contribution in [3.05, 3.63) is 65.8 Å². The molecule has 0 N–H and O–H groups in total. The van der Waals surface area contributed by atoms with Crippen LogP contribution in [-0.2, 0) is 16.0 Å². The van der Waals surface area contributed by atoms with Crippen LogP contribution in [0.4, 0.5) is 4.39 Å². The van der Waals surface area contributed by atoms with Crippen LogP contribution in [0.25, 0.3) is 11.4 Å². The summed E-state index contributed by atoms with van der Waals surface area (Å²) in [6, 6.07) is 13.6. The molecule has 1 aromatic heterocycles. The van der Waals surface area contributed by atoms with E-state index < -0.39 is 17.9 Å². The van der Waals surface area contributed by atoms with Crippen molar-refractivity contribution in [1.82, 2.24) is 10.1 Å². The lowest BCUT2D eigenvalue weighted by Crippen LogP contribution is -2.12. The minimum absolute atomic E-state index is 0.0784. The Balaban J connectivity index is 1.63. The number of halogens is 1. The molecule has 134 valence electrons. The Labute approximate surface area is 149 Å². The lowest BCUT2D eigenvalue weighted by molar-refractivity contribution is -0.148. The lowest BCUT2D eigenvalue weighted by Gasteiger charge is -2.09. The number of esters is 1. The van der Waals surface area contributed by atoms with Crippen molar-refractivity contribution >= 4 is 5.97 Å². The van der Waals surface area contributed by atoms with Gasteiger partial charge in [-0.05, 0) is 24.6 Å². The van der Waals surface area contributed by atoms with Gasteiger partial charge in [-0.2, -0.15) is 4.98 Å². The second kappa shape index (κ2) is 7.77. The Bertz CT molecular complexity index is 896. The van der Waals surface area contributed by atoms with E-state index in [0.717, 1.165) is 5.56 Å². The molecule has 0 amide bonds. The van der Waals surface area contributed by atoms with Crippen molar-refractivity contribution in [2.24, 2.45) is 0 Å². The van der Waals surface area contributed by atoms with E-state index in [0.29, 0.717) is 11.4 Å². The van der Waals surface area contributed by atoms with E-state index >= 15 is 0 Å². The fraction of sp³-hybridized carbons (Fsp3) is 0.211. The van der Waals surface area contributed by atoms with Crippen LogP contribution < -0.4 is 4.74 Å². The number of carbonyl (C=O) groups excluding carboxylic acids is 1. The minimum Gasteiger partial charge on any atom is -0.494 e. The normalized spacial score (nSPS) is 11.8. The first-order valence-corrected chi connectivity index (χ1v) is 7.97. The van der Waals surface area contributed by atoms with Crippen molar-refractivity contribution in [1.29, 1.82) is 0 Å². The molecule has 0 saturated carbocycles. The number of aromatic nitrogens is 2. The predicted octanol–water partition coefficient (Wildman–Crippen LogP) is 3.73. The molecule has 7 heteroatoms. The van der Waals surface area contributed by atoms with E-state index in [1.165, 1.54) is 19.2 Å². The molecular weight excluding hydrogens is 339 g/mol. The van der Waals surface area contributed by atoms with Crippen LogP contribution in [0.3, 0.4) is 0 Å². The number of carbonyl (C=O) groups is 1. The molecule has 1 atom stereocenters. The van der Waals surface area contributed by atoms with Gasteiger partial charge >= 0.3 is 5.97 Å². The van der Waals surface area contributed by atoms with Crippen LogP contribution in [0, 0.1) is 5.82 Å². The van der Waals surface area contributed by atoms with Crippen LogP contribution in [-0.4, -0.2) is 23.2 Å². The lowest BCUT2D eigenvalue weighted by atomic mass is 10.1. The van der Waals surface area contributed by atoms with E-state index in [2.05, 4.69) is 10.1 Å². The third kappa shape index (κ3) is 4.05. The Morgan fingerprint density at radius 2 is 2.00 bits per heavy atom. The van der Waals surface area contributed by atoms with Crippen LogP contribution in [0.2, 0.25) is 0 Å². The first-order chi connectivity index (χ1) is 12.6. The van der Waals surface area contributed by atoms with Gasteiger partial charge in [0, 0.05) is 5.56 Å². The second-order valence-corrected chi connectivity index (χ2v) is 5.60. The first kappa shape index (κ1) is 17.6. The highest BCUT2D eigenvalue weighted by atomic mass is 19.1. The maximum absolute atomic E-state index is 13.7. The highest BCUT2D eigenvalue weighted by Gasteiger charge is 2.19. The minimum atomic E-state index is -0.712. The molecule has 0 unspecified atom stereocenters. The van der Waals surface area contributed by atoms with Gasteiger partial charge in [-0.1, -0.05) is 41.6 Å². The summed E-state index contributed by atoms with van der Waals surface area (Å²) in [5.74, 6) is -0.328. The standard InChI is InChI=1S/C19H17FN2O4/c1-12(19-21-18(22-26-19)14-6-4-3-5-7-14)25-17(23)11-13-8-9-16(24-2)15(20)10-13/h3-10,12H,11H2,1-2H3/t12-/m0/s1. The molecule has 0 aliphatic carbocycles. The summed E-state index contributed by atoms with van der Waals surface area (Å²) in [4.78, 5) is 16.3. The number of nitrogens with zero attached hydrogens (tertiary/aromatic N) is 2. The summed E-state index contributed by atoms with van der Waals surface area (Å²) in [6.07, 6.45) is -0.791. The third-order valence-electron chi connectivity index (χ3n) is 3.69. The quantitative estimate of drug-likeness (QED) is 0.627. The van der Waals surface area contributed by atoms with Crippen LogP contribution in [0.15, 0.2) is 53.1 Å². The van der Waals surface area contributed by atoms with Crippen molar-refractivity contribution in [2.75, 3.05) is 7.11 Å². The Morgan fingerprint density at radius 1 is 1.23 bits per heavy atom. The van der Waals surface area contributed by atoms with Gasteiger partial charge in [-0.15, -0.1) is 0 Å². The summed E-state index contributed by atoms with van der Waals surface area (Å²) in [5.41, 5.74) is 1.28. The van der Waals surface area contributed by atoms with Gasteiger partial charge in [0.25, 0.3) is 5.89 Å². The van der Waals surface area contributed by atoms with Crippen molar-refractivity contribution < 1.29 is 23.2 Å². The average Bonchev–Trinajstić information content (AvgIpc) is 3.13. The number of ether oxygens (including phenoxy) is 2. The van der Waals surface area contributed by atoms with E-state index in [-0.39, 0.29) is 18.1 Å². The van der Waals surface area contributed by atoms with E-state index in [9.17, 15) is 9.18 Å². The van der Waals surface area contributed by atoms with Crippen molar-refractivity contribution in [2.45, 2.75) is 19.4 Å². The van der Waals surface area contributed by atoms with Gasteiger partial charge in [0.1, 0.15) is 0 Å². The second-order valence-electron chi connectivity index (χ2n) is 5.60. The molecule has 0 bridgehead atoms. The zero-order valence-electron chi connectivity index (χ0n) is 14.3. The summed E-state index contributed by atoms with van der Waals surface area (Å²) in [7, 11) is 1.38.